The molecule has 0 aliphatic rings. The number of benzene rings is 1. The van der Waals surface area contributed by atoms with E-state index < -0.39 is 28.9 Å². The van der Waals surface area contributed by atoms with Crippen molar-refractivity contribution >= 4 is 11.7 Å². The van der Waals surface area contributed by atoms with E-state index in [1.54, 1.807) is 0 Å². The van der Waals surface area contributed by atoms with Crippen LogP contribution in [0.5, 0.6) is 5.75 Å². The summed E-state index contributed by atoms with van der Waals surface area (Å²) in [7, 11) is 2.70. The Morgan fingerprint density at radius 3 is 2.57 bits per heavy atom. The standard InChI is InChI=1S/C18H16F3N5O4/c1-24-14(9-15(27)25(2)17(24)29)22-16(28)13-6-7-26(23-13)10-30-12-5-3-4-11(8-12)18(19,20)21/h3-9H,10H2,1-2H3,(H,22,28). The molecule has 3 aromatic rings. The number of ether oxygens (including phenoxy) is 1. The molecule has 30 heavy (non-hydrogen) atoms. The van der Waals surface area contributed by atoms with Crippen LogP contribution in [0, 0.1) is 0 Å². The minimum absolute atomic E-state index is 0.0112. The Balaban J connectivity index is 1.69. The van der Waals surface area contributed by atoms with Crippen LogP contribution in [0.25, 0.3) is 0 Å². The van der Waals surface area contributed by atoms with Crippen LogP contribution in [0.4, 0.5) is 19.0 Å². The first kappa shape index (κ1) is 20.9. The molecule has 0 saturated carbocycles. The highest BCUT2D eigenvalue weighted by molar-refractivity contribution is 6.02. The van der Waals surface area contributed by atoms with Crippen molar-refractivity contribution in [1.29, 1.82) is 0 Å². The molecular weight excluding hydrogens is 407 g/mol. The lowest BCUT2D eigenvalue weighted by molar-refractivity contribution is -0.137. The number of rotatable bonds is 5. The second-order valence-corrected chi connectivity index (χ2v) is 6.26. The molecule has 158 valence electrons. The number of nitrogens with zero attached hydrogens (tertiary/aromatic N) is 4. The van der Waals surface area contributed by atoms with Crippen molar-refractivity contribution in [1.82, 2.24) is 18.9 Å². The van der Waals surface area contributed by atoms with E-state index in [9.17, 15) is 27.6 Å². The van der Waals surface area contributed by atoms with Gasteiger partial charge in [0.1, 0.15) is 11.6 Å². The highest BCUT2D eigenvalue weighted by Crippen LogP contribution is 2.31. The Morgan fingerprint density at radius 2 is 1.87 bits per heavy atom. The topological polar surface area (TPSA) is 100 Å². The number of anilines is 1. The number of carbonyl (C=O) groups is 1. The molecule has 0 aliphatic heterocycles. The highest BCUT2D eigenvalue weighted by Gasteiger charge is 2.30. The summed E-state index contributed by atoms with van der Waals surface area (Å²) in [4.78, 5) is 36.0. The molecule has 0 spiro atoms. The van der Waals surface area contributed by atoms with Crippen molar-refractivity contribution < 1.29 is 22.7 Å². The fourth-order valence-corrected chi connectivity index (χ4v) is 2.49. The summed E-state index contributed by atoms with van der Waals surface area (Å²) < 4.78 is 46.7. The largest absolute Gasteiger partial charge is 0.471 e. The minimum Gasteiger partial charge on any atom is -0.471 e. The van der Waals surface area contributed by atoms with Crippen molar-refractivity contribution in [3.8, 4) is 5.75 Å². The molecule has 0 unspecified atom stereocenters. The van der Waals surface area contributed by atoms with Gasteiger partial charge in [0.25, 0.3) is 11.5 Å². The Hall–Kier alpha value is -3.83. The fraction of sp³-hybridized carbons (Fsp3) is 0.222. The van der Waals surface area contributed by atoms with Crippen molar-refractivity contribution in [3.05, 3.63) is 74.7 Å². The quantitative estimate of drug-likeness (QED) is 0.672. The molecule has 9 nitrogen and oxygen atoms in total. The summed E-state index contributed by atoms with van der Waals surface area (Å²) in [6, 6.07) is 6.80. The number of halogens is 3. The SMILES string of the molecule is Cn1c(NC(=O)c2ccn(COc3cccc(C(F)(F)F)c3)n2)cc(=O)n(C)c1=O. The second kappa shape index (κ2) is 7.89. The predicted octanol–water partition coefficient (Wildman–Crippen LogP) is 1.59. The number of hydrogen-bond donors (Lipinski definition) is 1. The maximum absolute atomic E-state index is 12.7. The summed E-state index contributed by atoms with van der Waals surface area (Å²) >= 11 is 0. The van der Waals surface area contributed by atoms with E-state index in [1.165, 1.54) is 43.2 Å². The Labute approximate surface area is 166 Å². The molecule has 1 N–H and O–H groups in total. The molecule has 0 radical (unpaired) electrons. The normalized spacial score (nSPS) is 11.4. The number of aromatic nitrogens is 4. The van der Waals surface area contributed by atoms with Crippen LogP contribution in [0.3, 0.4) is 0 Å². The summed E-state index contributed by atoms with van der Waals surface area (Å²) in [6.07, 6.45) is -3.10. The van der Waals surface area contributed by atoms with Crippen LogP contribution in [0.15, 0.2) is 52.2 Å². The van der Waals surface area contributed by atoms with Gasteiger partial charge in [-0.15, -0.1) is 0 Å². The lowest BCUT2D eigenvalue weighted by Gasteiger charge is -2.10. The van der Waals surface area contributed by atoms with Gasteiger partial charge in [-0.05, 0) is 24.3 Å². The van der Waals surface area contributed by atoms with Gasteiger partial charge in [0.05, 0.1) is 5.56 Å². The van der Waals surface area contributed by atoms with Gasteiger partial charge in [-0.2, -0.15) is 18.3 Å². The van der Waals surface area contributed by atoms with E-state index in [0.29, 0.717) is 0 Å². The molecule has 1 aromatic carbocycles. The number of nitrogens with one attached hydrogen (secondary N) is 1. The molecule has 0 atom stereocenters. The zero-order valence-electron chi connectivity index (χ0n) is 15.8. The smallest absolute Gasteiger partial charge is 0.416 e. The average Bonchev–Trinajstić information content (AvgIpc) is 3.17. The molecule has 0 fully saturated rings. The number of hydrogen-bond acceptors (Lipinski definition) is 5. The Bertz CT molecular complexity index is 1210. The van der Waals surface area contributed by atoms with Gasteiger partial charge >= 0.3 is 11.9 Å². The summed E-state index contributed by atoms with van der Waals surface area (Å²) in [5.74, 6) is -0.708. The molecule has 2 aromatic heterocycles. The van der Waals surface area contributed by atoms with Gasteiger partial charge in [-0.25, -0.2) is 9.48 Å². The Morgan fingerprint density at radius 1 is 1.13 bits per heavy atom. The van der Waals surface area contributed by atoms with E-state index in [2.05, 4.69) is 10.4 Å². The average molecular weight is 423 g/mol. The van der Waals surface area contributed by atoms with E-state index in [-0.39, 0.29) is 24.0 Å². The first-order valence-corrected chi connectivity index (χ1v) is 8.48. The first-order valence-electron chi connectivity index (χ1n) is 8.48. The molecule has 0 bridgehead atoms. The van der Waals surface area contributed by atoms with Gasteiger partial charge in [-0.1, -0.05) is 6.07 Å². The van der Waals surface area contributed by atoms with Crippen LogP contribution in [0.2, 0.25) is 0 Å². The molecule has 1 amide bonds. The third-order valence-electron chi connectivity index (χ3n) is 4.17. The van der Waals surface area contributed by atoms with Crippen molar-refractivity contribution in [2.75, 3.05) is 5.32 Å². The van der Waals surface area contributed by atoms with Crippen LogP contribution < -0.4 is 21.3 Å². The van der Waals surface area contributed by atoms with Crippen LogP contribution in [-0.4, -0.2) is 24.8 Å². The van der Waals surface area contributed by atoms with Gasteiger partial charge < -0.3 is 10.1 Å². The maximum Gasteiger partial charge on any atom is 0.416 e. The van der Waals surface area contributed by atoms with Gasteiger partial charge in [-0.3, -0.25) is 18.7 Å². The predicted molar refractivity (Wildman–Crippen MR) is 99.2 cm³/mol. The highest BCUT2D eigenvalue weighted by atomic mass is 19.4. The van der Waals surface area contributed by atoms with E-state index >= 15 is 0 Å². The second-order valence-electron chi connectivity index (χ2n) is 6.26. The summed E-state index contributed by atoms with van der Waals surface area (Å²) in [6.45, 7) is -0.237. The number of carbonyl (C=O) groups excluding carboxylic acids is 1. The zero-order valence-corrected chi connectivity index (χ0v) is 15.8. The lowest BCUT2D eigenvalue weighted by atomic mass is 10.2. The fourth-order valence-electron chi connectivity index (χ4n) is 2.49. The monoisotopic (exact) mass is 423 g/mol. The summed E-state index contributed by atoms with van der Waals surface area (Å²) in [5.41, 5.74) is -2.10. The maximum atomic E-state index is 12.7. The third-order valence-corrected chi connectivity index (χ3v) is 4.17. The van der Waals surface area contributed by atoms with Crippen molar-refractivity contribution in [2.24, 2.45) is 14.1 Å². The van der Waals surface area contributed by atoms with Gasteiger partial charge in [0, 0.05) is 26.4 Å². The molecule has 12 heteroatoms. The van der Waals surface area contributed by atoms with Crippen LogP contribution in [0.1, 0.15) is 16.1 Å². The Kier molecular flexibility index (Phi) is 5.49. The molecule has 0 aliphatic carbocycles. The third kappa shape index (κ3) is 4.42. The zero-order chi connectivity index (χ0) is 22.1. The van der Waals surface area contributed by atoms with Crippen molar-refractivity contribution in [3.63, 3.8) is 0 Å². The van der Waals surface area contributed by atoms with Crippen LogP contribution >= 0.6 is 0 Å². The minimum atomic E-state index is -4.49. The van der Waals surface area contributed by atoms with Gasteiger partial charge in [0.2, 0.25) is 0 Å². The summed E-state index contributed by atoms with van der Waals surface area (Å²) in [5, 5.41) is 6.39. The number of alkyl halides is 3. The van der Waals surface area contributed by atoms with E-state index in [0.717, 1.165) is 27.3 Å². The van der Waals surface area contributed by atoms with Gasteiger partial charge in [0.15, 0.2) is 12.4 Å². The first-order chi connectivity index (χ1) is 14.1. The number of amides is 1. The van der Waals surface area contributed by atoms with E-state index in [4.69, 9.17) is 4.74 Å². The molecule has 0 saturated heterocycles. The molecular formula is C18H16F3N5O4. The van der Waals surface area contributed by atoms with Crippen LogP contribution in [-0.2, 0) is 27.0 Å². The van der Waals surface area contributed by atoms with Crippen molar-refractivity contribution in [2.45, 2.75) is 12.9 Å². The molecule has 2 heterocycles. The lowest BCUT2D eigenvalue weighted by Crippen LogP contribution is -2.38. The molecule has 3 rings (SSSR count). The van der Waals surface area contributed by atoms with E-state index in [1.807, 2.05) is 0 Å².